The van der Waals surface area contributed by atoms with Gasteiger partial charge in [0.2, 0.25) is 0 Å². The predicted molar refractivity (Wildman–Crippen MR) is 80.0 cm³/mol. The van der Waals surface area contributed by atoms with E-state index in [4.69, 9.17) is 4.74 Å². The Morgan fingerprint density at radius 3 is 2.50 bits per heavy atom. The summed E-state index contributed by atoms with van der Waals surface area (Å²) in [6.07, 6.45) is 0.930. The molecule has 0 aliphatic carbocycles. The summed E-state index contributed by atoms with van der Waals surface area (Å²) in [7, 11) is 0. The number of carbonyl (C=O) groups excluding carboxylic acids is 1. The highest BCUT2D eigenvalue weighted by Gasteiger charge is 2.05. The first-order valence-electron chi connectivity index (χ1n) is 7.20. The van der Waals surface area contributed by atoms with E-state index in [0.29, 0.717) is 31.1 Å². The Bertz CT molecular complexity index is 401. The minimum Gasteiger partial charge on any atom is -0.484 e. The van der Waals surface area contributed by atoms with Crippen molar-refractivity contribution in [3.63, 3.8) is 0 Å². The van der Waals surface area contributed by atoms with E-state index in [1.807, 2.05) is 31.2 Å². The minimum absolute atomic E-state index is 0.00322. The Morgan fingerprint density at radius 1 is 1.30 bits per heavy atom. The van der Waals surface area contributed by atoms with Crippen LogP contribution < -0.4 is 10.1 Å². The van der Waals surface area contributed by atoms with Crippen molar-refractivity contribution >= 4 is 5.91 Å². The van der Waals surface area contributed by atoms with Crippen LogP contribution in [-0.4, -0.2) is 30.3 Å². The summed E-state index contributed by atoms with van der Waals surface area (Å²) in [5.74, 6) is 1.01. The van der Waals surface area contributed by atoms with Gasteiger partial charge in [-0.3, -0.25) is 4.79 Å². The third-order valence-corrected chi connectivity index (χ3v) is 3.19. The molecule has 0 aliphatic rings. The van der Waals surface area contributed by atoms with Gasteiger partial charge in [-0.05, 0) is 36.5 Å². The van der Waals surface area contributed by atoms with E-state index in [9.17, 15) is 9.90 Å². The van der Waals surface area contributed by atoms with Crippen molar-refractivity contribution in [2.45, 2.75) is 45.6 Å². The summed E-state index contributed by atoms with van der Waals surface area (Å²) >= 11 is 0. The molecule has 0 bridgehead atoms. The topological polar surface area (TPSA) is 58.6 Å². The van der Waals surface area contributed by atoms with Crippen LogP contribution in [0.2, 0.25) is 0 Å². The standard InChI is InChI=1S/C16H25NO3/c1-4-14(18)9-10-17-16(19)11-20-15-7-5-13(6-8-15)12(2)3/h5-8,12,14,18H,4,9-11H2,1-3H3,(H,17,19). The molecule has 0 aliphatic heterocycles. The molecule has 4 heteroatoms. The van der Waals surface area contributed by atoms with Crippen molar-refractivity contribution in [3.05, 3.63) is 29.8 Å². The molecule has 1 aromatic carbocycles. The van der Waals surface area contributed by atoms with Crippen molar-refractivity contribution in [1.82, 2.24) is 5.32 Å². The predicted octanol–water partition coefficient (Wildman–Crippen LogP) is 2.47. The zero-order valence-electron chi connectivity index (χ0n) is 12.6. The van der Waals surface area contributed by atoms with Crippen LogP contribution in [-0.2, 0) is 4.79 Å². The molecule has 1 unspecified atom stereocenters. The van der Waals surface area contributed by atoms with Crippen LogP contribution in [0, 0.1) is 0 Å². The molecule has 0 radical (unpaired) electrons. The lowest BCUT2D eigenvalue weighted by molar-refractivity contribution is -0.123. The van der Waals surface area contributed by atoms with Gasteiger partial charge in [0, 0.05) is 6.54 Å². The summed E-state index contributed by atoms with van der Waals surface area (Å²) in [5.41, 5.74) is 1.25. The molecule has 1 amide bonds. The second kappa shape index (κ2) is 8.59. The van der Waals surface area contributed by atoms with E-state index in [-0.39, 0.29) is 18.6 Å². The van der Waals surface area contributed by atoms with Crippen LogP contribution >= 0.6 is 0 Å². The van der Waals surface area contributed by atoms with Crippen molar-refractivity contribution < 1.29 is 14.6 Å². The van der Waals surface area contributed by atoms with Gasteiger partial charge >= 0.3 is 0 Å². The fourth-order valence-corrected chi connectivity index (χ4v) is 1.73. The average Bonchev–Trinajstić information content (AvgIpc) is 2.45. The van der Waals surface area contributed by atoms with Gasteiger partial charge in [0.05, 0.1) is 6.10 Å². The van der Waals surface area contributed by atoms with Gasteiger partial charge in [0.25, 0.3) is 5.91 Å². The Morgan fingerprint density at radius 2 is 1.95 bits per heavy atom. The first kappa shape index (κ1) is 16.5. The fraction of sp³-hybridized carbons (Fsp3) is 0.562. The maximum absolute atomic E-state index is 11.5. The molecule has 0 aromatic heterocycles. The van der Waals surface area contributed by atoms with Gasteiger partial charge in [-0.25, -0.2) is 0 Å². The van der Waals surface area contributed by atoms with Crippen LogP contribution in [0.4, 0.5) is 0 Å². The number of hydrogen-bond acceptors (Lipinski definition) is 3. The zero-order chi connectivity index (χ0) is 15.0. The van der Waals surface area contributed by atoms with Crippen LogP contribution in [0.3, 0.4) is 0 Å². The number of hydrogen-bond donors (Lipinski definition) is 2. The quantitative estimate of drug-likeness (QED) is 0.768. The molecule has 112 valence electrons. The smallest absolute Gasteiger partial charge is 0.257 e. The maximum Gasteiger partial charge on any atom is 0.257 e. The first-order chi connectivity index (χ1) is 9.52. The van der Waals surface area contributed by atoms with Gasteiger partial charge < -0.3 is 15.2 Å². The van der Waals surface area contributed by atoms with Crippen molar-refractivity contribution in [3.8, 4) is 5.75 Å². The molecule has 2 N–H and O–H groups in total. The molecular weight excluding hydrogens is 254 g/mol. The van der Waals surface area contributed by atoms with E-state index >= 15 is 0 Å². The Balaban J connectivity index is 2.27. The zero-order valence-corrected chi connectivity index (χ0v) is 12.6. The molecule has 0 fully saturated rings. The minimum atomic E-state index is -0.347. The van der Waals surface area contributed by atoms with Gasteiger partial charge in [-0.15, -0.1) is 0 Å². The molecule has 0 spiro atoms. The Labute approximate surface area is 121 Å². The van der Waals surface area contributed by atoms with Crippen LogP contribution in [0.25, 0.3) is 0 Å². The lowest BCUT2D eigenvalue weighted by Gasteiger charge is -2.10. The molecule has 0 saturated carbocycles. The van der Waals surface area contributed by atoms with Crippen molar-refractivity contribution in [2.75, 3.05) is 13.2 Å². The van der Waals surface area contributed by atoms with E-state index in [0.717, 1.165) is 0 Å². The Kier molecular flexibility index (Phi) is 7.09. The van der Waals surface area contributed by atoms with E-state index in [2.05, 4.69) is 19.2 Å². The molecule has 4 nitrogen and oxygen atoms in total. The van der Waals surface area contributed by atoms with E-state index in [1.54, 1.807) is 0 Å². The molecule has 0 heterocycles. The molecule has 20 heavy (non-hydrogen) atoms. The van der Waals surface area contributed by atoms with Crippen LogP contribution in [0.15, 0.2) is 24.3 Å². The molecule has 1 atom stereocenters. The van der Waals surface area contributed by atoms with Gasteiger partial charge in [-0.1, -0.05) is 32.9 Å². The summed E-state index contributed by atoms with van der Waals surface area (Å²) in [6, 6.07) is 7.78. The number of aliphatic hydroxyl groups excluding tert-OH is 1. The summed E-state index contributed by atoms with van der Waals surface area (Å²) in [4.78, 5) is 11.5. The van der Waals surface area contributed by atoms with Gasteiger partial charge in [0.15, 0.2) is 6.61 Å². The summed E-state index contributed by atoms with van der Waals surface area (Å²) < 4.78 is 5.41. The highest BCUT2D eigenvalue weighted by molar-refractivity contribution is 5.77. The van der Waals surface area contributed by atoms with Crippen LogP contribution in [0.5, 0.6) is 5.75 Å². The van der Waals surface area contributed by atoms with Crippen molar-refractivity contribution in [1.29, 1.82) is 0 Å². The lowest BCUT2D eigenvalue weighted by atomic mass is 10.0. The van der Waals surface area contributed by atoms with E-state index < -0.39 is 0 Å². The number of amides is 1. The average molecular weight is 279 g/mol. The van der Waals surface area contributed by atoms with Crippen LogP contribution in [0.1, 0.15) is 45.1 Å². The third kappa shape index (κ3) is 6.06. The molecule has 0 saturated heterocycles. The van der Waals surface area contributed by atoms with Gasteiger partial charge in [-0.2, -0.15) is 0 Å². The van der Waals surface area contributed by atoms with Gasteiger partial charge in [0.1, 0.15) is 5.75 Å². The normalized spacial score (nSPS) is 12.2. The number of rotatable bonds is 8. The second-order valence-corrected chi connectivity index (χ2v) is 5.21. The molecule has 1 aromatic rings. The molecular formula is C16H25NO3. The summed E-state index contributed by atoms with van der Waals surface area (Å²) in [5, 5.41) is 12.1. The van der Waals surface area contributed by atoms with Crippen molar-refractivity contribution in [2.24, 2.45) is 0 Å². The monoisotopic (exact) mass is 279 g/mol. The number of carbonyl (C=O) groups is 1. The summed E-state index contributed by atoms with van der Waals surface area (Å²) in [6.45, 7) is 6.66. The third-order valence-electron chi connectivity index (χ3n) is 3.19. The van der Waals surface area contributed by atoms with E-state index in [1.165, 1.54) is 5.56 Å². The second-order valence-electron chi connectivity index (χ2n) is 5.21. The Hall–Kier alpha value is -1.55. The number of ether oxygens (including phenoxy) is 1. The number of nitrogens with one attached hydrogen (secondary N) is 1. The fourth-order valence-electron chi connectivity index (χ4n) is 1.73. The maximum atomic E-state index is 11.5. The highest BCUT2D eigenvalue weighted by atomic mass is 16.5. The number of aliphatic hydroxyl groups is 1. The SMILES string of the molecule is CCC(O)CCNC(=O)COc1ccc(C(C)C)cc1. The lowest BCUT2D eigenvalue weighted by Crippen LogP contribution is -2.31. The largest absolute Gasteiger partial charge is 0.484 e. The first-order valence-corrected chi connectivity index (χ1v) is 7.20. The molecule has 1 rings (SSSR count). The highest BCUT2D eigenvalue weighted by Crippen LogP contribution is 2.18. The number of benzene rings is 1.